The van der Waals surface area contributed by atoms with Gasteiger partial charge in [-0.1, -0.05) is 32.9 Å². The molecule has 1 aromatic heterocycles. The Balaban J connectivity index is 1.89. The molecule has 0 unspecified atom stereocenters. The van der Waals surface area contributed by atoms with E-state index in [1.807, 2.05) is 44.6 Å². The van der Waals surface area contributed by atoms with Crippen LogP contribution >= 0.6 is 0 Å². The number of hydrogen-bond acceptors (Lipinski definition) is 2. The number of amides is 1. The van der Waals surface area contributed by atoms with E-state index in [0.29, 0.717) is 12.1 Å². The van der Waals surface area contributed by atoms with E-state index in [2.05, 4.69) is 54.2 Å². The van der Waals surface area contributed by atoms with Crippen molar-refractivity contribution in [2.45, 2.75) is 26.2 Å². The average Bonchev–Trinajstić information content (AvgIpc) is 3.07. The van der Waals surface area contributed by atoms with Crippen molar-refractivity contribution in [3.63, 3.8) is 0 Å². The molecule has 0 fully saturated rings. The number of carbonyl (C=O) groups is 1. The van der Waals surface area contributed by atoms with Gasteiger partial charge in [-0.25, -0.2) is 0 Å². The van der Waals surface area contributed by atoms with Crippen molar-refractivity contribution in [3.8, 4) is 11.1 Å². The van der Waals surface area contributed by atoms with Crippen LogP contribution in [0.1, 0.15) is 36.7 Å². The average molecular weight is 364 g/mol. The monoisotopic (exact) mass is 363 g/mol. The largest absolute Gasteiger partial charge is 0.361 e. The number of H-pyrrole nitrogens is 1. The summed E-state index contributed by atoms with van der Waals surface area (Å²) < 4.78 is 0. The third kappa shape index (κ3) is 4.40. The van der Waals surface area contributed by atoms with Crippen LogP contribution in [-0.2, 0) is 5.41 Å². The molecule has 0 aliphatic heterocycles. The normalized spacial score (nSPS) is 11.9. The molecule has 0 bridgehead atoms. The van der Waals surface area contributed by atoms with E-state index in [1.165, 1.54) is 16.5 Å². The van der Waals surface area contributed by atoms with Crippen molar-refractivity contribution in [1.29, 1.82) is 0 Å². The molecule has 0 atom stereocenters. The molecule has 0 radical (unpaired) electrons. The molecule has 3 aromatic rings. The minimum atomic E-state index is -0.0273. The highest BCUT2D eigenvalue weighted by atomic mass is 16.1. The summed E-state index contributed by atoms with van der Waals surface area (Å²) in [5.74, 6) is -0.0273. The summed E-state index contributed by atoms with van der Waals surface area (Å²) in [5, 5.41) is 4.16. The molecule has 27 heavy (non-hydrogen) atoms. The van der Waals surface area contributed by atoms with Gasteiger partial charge in [0.2, 0.25) is 0 Å². The van der Waals surface area contributed by atoms with Crippen LogP contribution in [0, 0.1) is 0 Å². The van der Waals surface area contributed by atoms with E-state index in [-0.39, 0.29) is 11.3 Å². The number of carbonyl (C=O) groups excluding carboxylic acids is 1. The Morgan fingerprint density at radius 2 is 1.78 bits per heavy atom. The first-order valence-corrected chi connectivity index (χ1v) is 9.41. The molecule has 3 rings (SSSR count). The lowest BCUT2D eigenvalue weighted by molar-refractivity contribution is 0.0951. The first kappa shape index (κ1) is 19.2. The summed E-state index contributed by atoms with van der Waals surface area (Å²) in [7, 11) is 3.99. The minimum Gasteiger partial charge on any atom is -0.361 e. The number of hydrogen-bond donors (Lipinski definition) is 2. The van der Waals surface area contributed by atoms with E-state index < -0.39 is 0 Å². The molecule has 0 spiro atoms. The number of fused-ring (bicyclic) bond motifs is 1. The van der Waals surface area contributed by atoms with Gasteiger partial charge < -0.3 is 15.2 Å². The summed E-state index contributed by atoms with van der Waals surface area (Å²) in [6.07, 6.45) is 1.97. The zero-order valence-electron chi connectivity index (χ0n) is 16.9. The molecule has 142 valence electrons. The number of aromatic nitrogens is 1. The van der Waals surface area contributed by atoms with Crippen molar-refractivity contribution >= 4 is 16.8 Å². The zero-order valence-corrected chi connectivity index (χ0v) is 16.9. The second-order valence-corrected chi connectivity index (χ2v) is 8.35. The second kappa shape index (κ2) is 7.57. The van der Waals surface area contributed by atoms with Crippen molar-refractivity contribution < 1.29 is 4.79 Å². The first-order valence-electron chi connectivity index (χ1n) is 9.41. The number of nitrogens with one attached hydrogen (secondary N) is 2. The van der Waals surface area contributed by atoms with Crippen molar-refractivity contribution in [3.05, 3.63) is 59.8 Å². The fourth-order valence-electron chi connectivity index (χ4n) is 3.26. The maximum absolute atomic E-state index is 12.3. The summed E-state index contributed by atoms with van der Waals surface area (Å²) >= 11 is 0. The summed E-state index contributed by atoms with van der Waals surface area (Å²) in [4.78, 5) is 17.7. The molecule has 0 aliphatic carbocycles. The fraction of sp³-hybridized carbons (Fsp3) is 0.348. The topological polar surface area (TPSA) is 48.1 Å². The van der Waals surface area contributed by atoms with Crippen LogP contribution in [-0.4, -0.2) is 43.0 Å². The maximum atomic E-state index is 12.3. The van der Waals surface area contributed by atoms with Gasteiger partial charge >= 0.3 is 0 Å². The quantitative estimate of drug-likeness (QED) is 0.705. The lowest BCUT2D eigenvalue weighted by Gasteiger charge is -2.23. The molecular weight excluding hydrogens is 334 g/mol. The van der Waals surface area contributed by atoms with Gasteiger partial charge in [0.15, 0.2) is 0 Å². The SMILES string of the molecule is CN(C)CCNC(=O)c1ccc(-c2cc3cc[nH]c3cc2C(C)(C)C)cc1. The van der Waals surface area contributed by atoms with Crippen LogP contribution in [0.5, 0.6) is 0 Å². The molecule has 2 aromatic carbocycles. The number of likely N-dealkylation sites (N-methyl/N-ethyl adjacent to an activating group) is 1. The summed E-state index contributed by atoms with van der Waals surface area (Å²) in [6, 6.07) is 14.5. The van der Waals surface area contributed by atoms with Gasteiger partial charge in [-0.05, 0) is 71.9 Å². The first-order chi connectivity index (χ1) is 12.8. The van der Waals surface area contributed by atoms with Crippen LogP contribution in [0.15, 0.2) is 48.7 Å². The van der Waals surface area contributed by atoms with Gasteiger partial charge in [-0.15, -0.1) is 0 Å². The zero-order chi connectivity index (χ0) is 19.6. The van der Waals surface area contributed by atoms with Gasteiger partial charge in [-0.2, -0.15) is 0 Å². The maximum Gasteiger partial charge on any atom is 0.251 e. The van der Waals surface area contributed by atoms with Crippen molar-refractivity contribution in [2.75, 3.05) is 27.2 Å². The Kier molecular flexibility index (Phi) is 5.38. The van der Waals surface area contributed by atoms with Gasteiger partial charge in [-0.3, -0.25) is 4.79 Å². The molecule has 1 heterocycles. The Hall–Kier alpha value is -2.59. The lowest BCUT2D eigenvalue weighted by atomic mass is 9.81. The number of benzene rings is 2. The second-order valence-electron chi connectivity index (χ2n) is 8.35. The summed E-state index contributed by atoms with van der Waals surface area (Å²) in [6.45, 7) is 8.16. The molecule has 4 heteroatoms. The van der Waals surface area contributed by atoms with Crippen LogP contribution in [0.2, 0.25) is 0 Å². The highest BCUT2D eigenvalue weighted by molar-refractivity contribution is 5.95. The number of rotatable bonds is 5. The predicted molar refractivity (Wildman–Crippen MR) is 113 cm³/mol. The van der Waals surface area contributed by atoms with Crippen LogP contribution in [0.25, 0.3) is 22.0 Å². The van der Waals surface area contributed by atoms with Crippen molar-refractivity contribution in [2.24, 2.45) is 0 Å². The van der Waals surface area contributed by atoms with E-state index in [4.69, 9.17) is 0 Å². The minimum absolute atomic E-state index is 0.0247. The number of nitrogens with zero attached hydrogens (tertiary/aromatic N) is 1. The van der Waals surface area contributed by atoms with Crippen molar-refractivity contribution in [1.82, 2.24) is 15.2 Å². The molecule has 0 saturated carbocycles. The summed E-state index contributed by atoms with van der Waals surface area (Å²) in [5.41, 5.74) is 5.51. The van der Waals surface area contributed by atoms with Gasteiger partial charge in [0.05, 0.1) is 0 Å². The Bertz CT molecular complexity index is 930. The highest BCUT2D eigenvalue weighted by Crippen LogP contribution is 2.36. The fourth-order valence-corrected chi connectivity index (χ4v) is 3.26. The standard InChI is InChI=1S/C23H29N3O/c1-23(2,3)20-15-21-18(10-11-24-21)14-19(20)16-6-8-17(9-7-16)22(27)25-12-13-26(4)5/h6-11,14-15,24H,12-13H2,1-5H3,(H,25,27). The van der Waals surface area contributed by atoms with E-state index in [1.54, 1.807) is 0 Å². The third-order valence-electron chi connectivity index (χ3n) is 4.80. The van der Waals surface area contributed by atoms with Gasteiger partial charge in [0, 0.05) is 30.4 Å². The lowest BCUT2D eigenvalue weighted by Crippen LogP contribution is -2.31. The highest BCUT2D eigenvalue weighted by Gasteiger charge is 2.20. The predicted octanol–water partition coefficient (Wildman–Crippen LogP) is 4.42. The molecule has 0 aliphatic rings. The molecule has 0 saturated heterocycles. The molecule has 2 N–H and O–H groups in total. The van der Waals surface area contributed by atoms with Gasteiger partial charge in [0.25, 0.3) is 5.91 Å². The van der Waals surface area contributed by atoms with Crippen LogP contribution < -0.4 is 5.32 Å². The van der Waals surface area contributed by atoms with E-state index in [9.17, 15) is 4.79 Å². The smallest absolute Gasteiger partial charge is 0.251 e. The Labute approximate surface area is 161 Å². The Morgan fingerprint density at radius 1 is 1.07 bits per heavy atom. The van der Waals surface area contributed by atoms with E-state index in [0.717, 1.165) is 17.6 Å². The third-order valence-corrected chi connectivity index (χ3v) is 4.80. The van der Waals surface area contributed by atoms with Crippen LogP contribution in [0.3, 0.4) is 0 Å². The molecular formula is C23H29N3O. The molecule has 4 nitrogen and oxygen atoms in total. The van der Waals surface area contributed by atoms with Gasteiger partial charge in [0.1, 0.15) is 0 Å². The molecule has 1 amide bonds. The van der Waals surface area contributed by atoms with Crippen LogP contribution in [0.4, 0.5) is 0 Å². The Morgan fingerprint density at radius 3 is 2.41 bits per heavy atom. The van der Waals surface area contributed by atoms with E-state index >= 15 is 0 Å². The number of aromatic amines is 1.